The fourth-order valence-corrected chi connectivity index (χ4v) is 6.04. The number of carbonyl (C=O) groups excluding carboxylic acids is 2. The van der Waals surface area contributed by atoms with E-state index in [9.17, 15) is 14.7 Å². The van der Waals surface area contributed by atoms with Crippen molar-refractivity contribution in [3.8, 4) is 0 Å². The van der Waals surface area contributed by atoms with Crippen molar-refractivity contribution >= 4 is 68.4 Å². The molecule has 0 radical (unpaired) electrons. The second kappa shape index (κ2) is 14.7. The third kappa shape index (κ3) is 10.6. The summed E-state index contributed by atoms with van der Waals surface area (Å²) in [4.78, 5) is 27.6. The molecule has 2 amide bonds. The highest BCUT2D eigenvalue weighted by atomic mass is 35.5. The largest absolute Gasteiger partial charge is 0.366 e. The Bertz CT molecular complexity index is 1230. The first-order valence-corrected chi connectivity index (χ1v) is 15.1. The fraction of sp³-hybridized carbons (Fsp3) is 0.429. The molecule has 212 valence electrons. The van der Waals surface area contributed by atoms with Crippen LogP contribution < -0.4 is 15.4 Å². The predicted octanol–water partition coefficient (Wildman–Crippen LogP) is 6.27. The summed E-state index contributed by atoms with van der Waals surface area (Å²) in [5.41, 5.74) is 0. The van der Waals surface area contributed by atoms with Crippen molar-refractivity contribution in [2.75, 3.05) is 13.1 Å². The zero-order chi connectivity index (χ0) is 28.6. The molecule has 1 aromatic heterocycles. The van der Waals surface area contributed by atoms with Crippen LogP contribution in [0, 0.1) is 5.92 Å². The lowest BCUT2D eigenvalue weighted by atomic mass is 10.0. The summed E-state index contributed by atoms with van der Waals surface area (Å²) < 4.78 is 10.0. The Kier molecular flexibility index (Phi) is 11.9. The van der Waals surface area contributed by atoms with Crippen LogP contribution in [-0.2, 0) is 9.53 Å². The summed E-state index contributed by atoms with van der Waals surface area (Å²) >= 11 is 14.9. The van der Waals surface area contributed by atoms with E-state index in [0.717, 1.165) is 15.0 Å². The molecule has 0 saturated carbocycles. The average Bonchev–Trinajstić information content (AvgIpc) is 3.29. The summed E-state index contributed by atoms with van der Waals surface area (Å²) in [5, 5.41) is 18.2. The summed E-state index contributed by atoms with van der Waals surface area (Å²) in [6.07, 6.45) is 0.520. The van der Waals surface area contributed by atoms with E-state index in [-0.39, 0.29) is 24.3 Å². The molecule has 0 aliphatic carbocycles. The third-order valence-corrected chi connectivity index (χ3v) is 8.28. The maximum absolute atomic E-state index is 13.2. The van der Waals surface area contributed by atoms with Crippen LogP contribution in [0.25, 0.3) is 10.1 Å². The van der Waals surface area contributed by atoms with Crippen molar-refractivity contribution in [1.82, 2.24) is 15.4 Å². The molecule has 0 fully saturated rings. The minimum Gasteiger partial charge on any atom is -0.366 e. The number of thiophene rings is 1. The van der Waals surface area contributed by atoms with Crippen molar-refractivity contribution < 1.29 is 19.4 Å². The van der Waals surface area contributed by atoms with E-state index in [2.05, 4.69) is 15.4 Å². The maximum Gasteiger partial charge on any atom is 0.262 e. The summed E-state index contributed by atoms with van der Waals surface area (Å²) in [5.74, 6) is -1.76. The second-order valence-electron chi connectivity index (χ2n) is 10.1. The van der Waals surface area contributed by atoms with E-state index in [1.165, 1.54) is 23.3 Å². The molecule has 4 N–H and O–H groups in total. The predicted molar refractivity (Wildman–Crippen MR) is 162 cm³/mol. The highest BCUT2D eigenvalue weighted by Gasteiger charge is 2.26. The van der Waals surface area contributed by atoms with Gasteiger partial charge in [0.2, 0.25) is 5.91 Å². The Labute approximate surface area is 248 Å². The molecule has 3 rings (SSSR count). The number of halogens is 2. The fourth-order valence-electron chi connectivity index (χ4n) is 3.88. The minimum absolute atomic E-state index is 0.171. The molecule has 39 heavy (non-hydrogen) atoms. The van der Waals surface area contributed by atoms with Gasteiger partial charge in [-0.15, -0.1) is 11.3 Å². The van der Waals surface area contributed by atoms with Crippen LogP contribution in [0.4, 0.5) is 0 Å². The molecule has 0 bridgehead atoms. The second-order valence-corrected chi connectivity index (χ2v) is 13.0. The van der Waals surface area contributed by atoms with Crippen LogP contribution in [0.1, 0.15) is 50.2 Å². The van der Waals surface area contributed by atoms with Crippen LogP contribution in [0.5, 0.6) is 0 Å². The van der Waals surface area contributed by atoms with Crippen molar-refractivity contribution in [2.24, 2.45) is 5.92 Å². The van der Waals surface area contributed by atoms with Crippen LogP contribution in [-0.4, -0.2) is 47.9 Å². The molecule has 0 saturated heterocycles. The van der Waals surface area contributed by atoms with Crippen LogP contribution in [0.3, 0.4) is 0 Å². The topological polar surface area (TPSA) is 99.7 Å². The SMILES string of the molecule is CC(C)CC(NC(=O)c1cc2ccccc2s1)C(=O)NCC(CCNSc1ccc(Cl)cc1Cl)OC(C)(C)O. The number of hydrogen-bond donors (Lipinski definition) is 4. The number of benzene rings is 2. The first-order chi connectivity index (χ1) is 18.4. The van der Waals surface area contributed by atoms with Crippen LogP contribution >= 0.6 is 46.5 Å². The molecule has 11 heteroatoms. The number of hydrogen-bond acceptors (Lipinski definition) is 7. The van der Waals surface area contributed by atoms with E-state index in [0.29, 0.717) is 34.3 Å². The van der Waals surface area contributed by atoms with Gasteiger partial charge in [0.05, 0.1) is 16.0 Å². The van der Waals surface area contributed by atoms with Gasteiger partial charge in [0.1, 0.15) is 6.04 Å². The van der Waals surface area contributed by atoms with Crippen molar-refractivity contribution in [3.63, 3.8) is 0 Å². The van der Waals surface area contributed by atoms with Gasteiger partial charge < -0.3 is 20.5 Å². The normalized spacial score (nSPS) is 13.4. The lowest BCUT2D eigenvalue weighted by Gasteiger charge is -2.28. The standard InChI is InChI=1S/C28H35Cl2N3O4S2/c1-17(2)13-22(33-27(35)25-14-18-7-5-6-8-23(18)38-25)26(34)31-16-20(37-28(3,4)36)11-12-32-39-24-10-9-19(29)15-21(24)30/h5-10,14-15,17,20,22,32,36H,11-13,16H2,1-4H3,(H,31,34)(H,33,35). The van der Waals surface area contributed by atoms with Gasteiger partial charge >= 0.3 is 0 Å². The van der Waals surface area contributed by atoms with Gasteiger partial charge in [0, 0.05) is 27.7 Å². The van der Waals surface area contributed by atoms with E-state index < -0.39 is 17.9 Å². The molecule has 0 aliphatic heterocycles. The third-order valence-electron chi connectivity index (χ3n) is 5.58. The Morgan fingerprint density at radius 3 is 2.54 bits per heavy atom. The van der Waals surface area contributed by atoms with Crippen molar-refractivity contribution in [3.05, 3.63) is 63.5 Å². The number of aliphatic hydroxyl groups is 1. The zero-order valence-corrected chi connectivity index (χ0v) is 25.6. The lowest BCUT2D eigenvalue weighted by molar-refractivity contribution is -0.205. The Morgan fingerprint density at radius 2 is 1.87 bits per heavy atom. The molecular formula is C28H35Cl2N3O4S2. The smallest absolute Gasteiger partial charge is 0.262 e. The molecule has 2 unspecified atom stereocenters. The van der Waals surface area contributed by atoms with Crippen LogP contribution in [0.2, 0.25) is 10.0 Å². The quantitative estimate of drug-likeness (QED) is 0.0974. The van der Waals surface area contributed by atoms with Crippen molar-refractivity contribution in [1.29, 1.82) is 0 Å². The first kappa shape index (κ1) is 31.7. The molecular weight excluding hydrogens is 577 g/mol. The van der Waals surface area contributed by atoms with Gasteiger partial charge in [-0.25, -0.2) is 0 Å². The van der Waals surface area contributed by atoms with Gasteiger partial charge in [-0.2, -0.15) is 0 Å². The Hall–Kier alpha value is -1.85. The molecule has 3 aromatic rings. The van der Waals surface area contributed by atoms with E-state index in [1.807, 2.05) is 50.2 Å². The monoisotopic (exact) mass is 611 g/mol. The van der Waals surface area contributed by atoms with Gasteiger partial charge in [-0.3, -0.25) is 14.3 Å². The maximum atomic E-state index is 13.2. The number of amides is 2. The molecule has 2 aromatic carbocycles. The number of nitrogens with one attached hydrogen (secondary N) is 3. The average molecular weight is 613 g/mol. The first-order valence-electron chi connectivity index (χ1n) is 12.7. The molecule has 0 aliphatic rings. The highest BCUT2D eigenvalue weighted by molar-refractivity contribution is 7.97. The highest BCUT2D eigenvalue weighted by Crippen LogP contribution is 2.28. The zero-order valence-electron chi connectivity index (χ0n) is 22.4. The van der Waals surface area contributed by atoms with E-state index >= 15 is 0 Å². The van der Waals surface area contributed by atoms with Gasteiger partial charge in [-0.1, -0.05) is 55.2 Å². The molecule has 0 spiro atoms. The Morgan fingerprint density at radius 1 is 1.13 bits per heavy atom. The van der Waals surface area contributed by atoms with Gasteiger partial charge in [0.25, 0.3) is 5.91 Å². The lowest BCUT2D eigenvalue weighted by Crippen LogP contribution is -2.49. The van der Waals surface area contributed by atoms with E-state index in [1.54, 1.807) is 26.0 Å². The number of carbonyl (C=O) groups is 2. The summed E-state index contributed by atoms with van der Waals surface area (Å²) in [7, 11) is 0. The van der Waals surface area contributed by atoms with Gasteiger partial charge in [0.15, 0.2) is 5.79 Å². The van der Waals surface area contributed by atoms with E-state index in [4.69, 9.17) is 27.9 Å². The Balaban J connectivity index is 1.57. The number of fused-ring (bicyclic) bond motifs is 1. The summed E-state index contributed by atoms with van der Waals surface area (Å²) in [6, 6.07) is 14.2. The van der Waals surface area contributed by atoms with Crippen molar-refractivity contribution in [2.45, 2.75) is 63.4 Å². The van der Waals surface area contributed by atoms with Crippen LogP contribution in [0.15, 0.2) is 53.4 Å². The molecule has 7 nitrogen and oxygen atoms in total. The van der Waals surface area contributed by atoms with Gasteiger partial charge in [-0.05, 0) is 80.3 Å². The number of ether oxygens (including phenoxy) is 1. The molecule has 1 heterocycles. The minimum atomic E-state index is -1.38. The number of rotatable bonds is 14. The molecule has 2 atom stereocenters. The summed E-state index contributed by atoms with van der Waals surface area (Å²) in [6.45, 7) is 7.79.